The van der Waals surface area contributed by atoms with E-state index in [2.05, 4.69) is 17.6 Å². The summed E-state index contributed by atoms with van der Waals surface area (Å²) in [5.41, 5.74) is 0. The fourth-order valence-electron chi connectivity index (χ4n) is 2.71. The molecule has 0 aromatic heterocycles. The average Bonchev–Trinajstić information content (AvgIpc) is 2.96. The summed E-state index contributed by atoms with van der Waals surface area (Å²) in [4.78, 5) is 0. The molecule has 0 aromatic carbocycles. The second-order valence-electron chi connectivity index (χ2n) is 5.09. The molecule has 0 radical (unpaired) electrons. The van der Waals surface area contributed by atoms with Crippen molar-refractivity contribution in [1.29, 1.82) is 0 Å². The number of nitrogens with one attached hydrogen (secondary N) is 2. The lowest BCUT2D eigenvalue weighted by Gasteiger charge is -2.19. The molecular weight excluding hydrogens is 216 g/mol. The number of ether oxygens (including phenoxy) is 2. The van der Waals surface area contributed by atoms with Crippen LogP contribution in [0.15, 0.2) is 0 Å². The summed E-state index contributed by atoms with van der Waals surface area (Å²) in [6.07, 6.45) is 4.14. The van der Waals surface area contributed by atoms with Crippen LogP contribution in [0.25, 0.3) is 0 Å². The molecule has 2 fully saturated rings. The molecule has 2 saturated heterocycles. The highest BCUT2D eigenvalue weighted by Gasteiger charge is 2.26. The molecule has 0 bridgehead atoms. The largest absolute Gasteiger partial charge is 0.379 e. The van der Waals surface area contributed by atoms with Gasteiger partial charge in [0.1, 0.15) is 0 Å². The monoisotopic (exact) mass is 242 g/mol. The van der Waals surface area contributed by atoms with Crippen LogP contribution in [0.5, 0.6) is 0 Å². The summed E-state index contributed by atoms with van der Waals surface area (Å²) in [6.45, 7) is 8.03. The maximum Gasteiger partial charge on any atom is 0.0623 e. The lowest BCUT2D eigenvalue weighted by atomic mass is 10.0. The molecule has 17 heavy (non-hydrogen) atoms. The van der Waals surface area contributed by atoms with E-state index in [4.69, 9.17) is 9.47 Å². The molecule has 100 valence electrons. The lowest BCUT2D eigenvalue weighted by molar-refractivity contribution is 0.104. The number of rotatable bonds is 7. The van der Waals surface area contributed by atoms with Crippen LogP contribution in [-0.2, 0) is 9.47 Å². The normalized spacial score (nSPS) is 33.4. The smallest absolute Gasteiger partial charge is 0.0623 e. The third-order valence-corrected chi connectivity index (χ3v) is 3.74. The van der Waals surface area contributed by atoms with E-state index in [0.29, 0.717) is 18.1 Å². The molecule has 3 atom stereocenters. The molecule has 4 heteroatoms. The van der Waals surface area contributed by atoms with Gasteiger partial charge < -0.3 is 20.1 Å². The second-order valence-corrected chi connectivity index (χ2v) is 5.09. The Kier molecular flexibility index (Phi) is 5.71. The van der Waals surface area contributed by atoms with Crippen LogP contribution in [0.3, 0.4) is 0 Å². The first-order valence-electron chi connectivity index (χ1n) is 7.03. The van der Waals surface area contributed by atoms with Gasteiger partial charge in [-0.25, -0.2) is 0 Å². The van der Waals surface area contributed by atoms with Crippen molar-refractivity contribution in [2.75, 3.05) is 39.5 Å². The Morgan fingerprint density at radius 3 is 3.00 bits per heavy atom. The fraction of sp³-hybridized carbons (Fsp3) is 1.00. The molecule has 2 rings (SSSR count). The molecule has 0 amide bonds. The van der Waals surface area contributed by atoms with Gasteiger partial charge in [-0.3, -0.25) is 0 Å². The van der Waals surface area contributed by atoms with Gasteiger partial charge in [-0.15, -0.1) is 0 Å². The van der Waals surface area contributed by atoms with Crippen molar-refractivity contribution < 1.29 is 9.47 Å². The zero-order valence-corrected chi connectivity index (χ0v) is 10.9. The number of hydrogen-bond donors (Lipinski definition) is 2. The summed E-state index contributed by atoms with van der Waals surface area (Å²) in [6, 6.07) is 0.537. The van der Waals surface area contributed by atoms with Crippen LogP contribution in [0.1, 0.15) is 26.2 Å². The summed E-state index contributed by atoms with van der Waals surface area (Å²) >= 11 is 0. The lowest BCUT2D eigenvalue weighted by Crippen LogP contribution is -2.40. The third kappa shape index (κ3) is 4.21. The molecule has 2 aliphatic heterocycles. The molecule has 4 nitrogen and oxygen atoms in total. The molecule has 0 spiro atoms. The number of likely N-dealkylation sites (N-methyl/N-ethyl adjacent to an activating group) is 1. The van der Waals surface area contributed by atoms with E-state index in [0.717, 1.165) is 45.9 Å². The Hall–Kier alpha value is -0.160. The highest BCUT2D eigenvalue weighted by Crippen LogP contribution is 2.15. The highest BCUT2D eigenvalue weighted by molar-refractivity contribution is 4.82. The first-order chi connectivity index (χ1) is 8.40. The van der Waals surface area contributed by atoms with Gasteiger partial charge in [0.05, 0.1) is 19.3 Å². The van der Waals surface area contributed by atoms with Gasteiger partial charge in [-0.1, -0.05) is 6.92 Å². The summed E-state index contributed by atoms with van der Waals surface area (Å²) in [7, 11) is 0. The van der Waals surface area contributed by atoms with Crippen molar-refractivity contribution >= 4 is 0 Å². The molecule has 2 aliphatic rings. The van der Waals surface area contributed by atoms with Crippen molar-refractivity contribution in [3.8, 4) is 0 Å². The van der Waals surface area contributed by atoms with Crippen LogP contribution < -0.4 is 10.6 Å². The minimum atomic E-state index is 0.506. The van der Waals surface area contributed by atoms with Gasteiger partial charge in [0.2, 0.25) is 0 Å². The molecule has 2 N–H and O–H groups in total. The third-order valence-electron chi connectivity index (χ3n) is 3.74. The summed E-state index contributed by atoms with van der Waals surface area (Å²) in [5.74, 6) is 0.624. The molecule has 2 heterocycles. The van der Waals surface area contributed by atoms with E-state index in [1.54, 1.807) is 0 Å². The van der Waals surface area contributed by atoms with Crippen LogP contribution in [-0.4, -0.2) is 51.6 Å². The zero-order valence-electron chi connectivity index (χ0n) is 10.9. The van der Waals surface area contributed by atoms with E-state index in [1.807, 2.05) is 0 Å². The zero-order chi connectivity index (χ0) is 11.9. The minimum absolute atomic E-state index is 0.506. The van der Waals surface area contributed by atoms with Crippen molar-refractivity contribution in [3.05, 3.63) is 0 Å². The van der Waals surface area contributed by atoms with Crippen LogP contribution in [0.2, 0.25) is 0 Å². The molecule has 0 aliphatic carbocycles. The Labute approximate surface area is 104 Å². The van der Waals surface area contributed by atoms with Gasteiger partial charge in [0.25, 0.3) is 0 Å². The molecule has 0 aromatic rings. The Balaban J connectivity index is 1.54. The standard InChI is InChI=1S/C13H26N2O2/c1-2-15-13-10-16-9-11(13)8-14-6-5-12-4-3-7-17-12/h11-15H,2-10H2,1H3. The van der Waals surface area contributed by atoms with Gasteiger partial charge in [-0.2, -0.15) is 0 Å². The van der Waals surface area contributed by atoms with E-state index in [1.165, 1.54) is 12.8 Å². The quantitative estimate of drug-likeness (QED) is 0.647. The van der Waals surface area contributed by atoms with Gasteiger partial charge in [0.15, 0.2) is 0 Å². The minimum Gasteiger partial charge on any atom is -0.379 e. The maximum atomic E-state index is 5.61. The maximum absolute atomic E-state index is 5.61. The van der Waals surface area contributed by atoms with E-state index in [-0.39, 0.29) is 0 Å². The van der Waals surface area contributed by atoms with Crippen LogP contribution >= 0.6 is 0 Å². The fourth-order valence-corrected chi connectivity index (χ4v) is 2.71. The van der Waals surface area contributed by atoms with Crippen LogP contribution in [0, 0.1) is 5.92 Å². The first kappa shape index (κ1) is 13.3. The average molecular weight is 242 g/mol. The SMILES string of the molecule is CCNC1COCC1CNCCC1CCCO1. The summed E-state index contributed by atoms with van der Waals surface area (Å²) in [5, 5.41) is 7.03. The predicted octanol–water partition coefficient (Wildman–Crippen LogP) is 0.770. The van der Waals surface area contributed by atoms with Crippen molar-refractivity contribution in [2.45, 2.75) is 38.3 Å². The summed E-state index contributed by atoms with van der Waals surface area (Å²) < 4.78 is 11.1. The Morgan fingerprint density at radius 2 is 2.24 bits per heavy atom. The van der Waals surface area contributed by atoms with Crippen molar-refractivity contribution in [2.24, 2.45) is 5.92 Å². The Morgan fingerprint density at radius 1 is 1.29 bits per heavy atom. The van der Waals surface area contributed by atoms with Gasteiger partial charge in [-0.05, 0) is 32.4 Å². The predicted molar refractivity (Wildman–Crippen MR) is 68.2 cm³/mol. The molecule has 0 saturated carbocycles. The van der Waals surface area contributed by atoms with Crippen molar-refractivity contribution in [1.82, 2.24) is 10.6 Å². The van der Waals surface area contributed by atoms with Crippen molar-refractivity contribution in [3.63, 3.8) is 0 Å². The molecular formula is C13H26N2O2. The highest BCUT2D eigenvalue weighted by atomic mass is 16.5. The van der Waals surface area contributed by atoms with Gasteiger partial charge in [0, 0.05) is 25.1 Å². The van der Waals surface area contributed by atoms with E-state index < -0.39 is 0 Å². The first-order valence-corrected chi connectivity index (χ1v) is 7.03. The Bertz CT molecular complexity index is 208. The van der Waals surface area contributed by atoms with Crippen LogP contribution in [0.4, 0.5) is 0 Å². The topological polar surface area (TPSA) is 42.5 Å². The second kappa shape index (κ2) is 7.31. The van der Waals surface area contributed by atoms with Gasteiger partial charge >= 0.3 is 0 Å². The van der Waals surface area contributed by atoms with E-state index in [9.17, 15) is 0 Å². The molecule has 3 unspecified atom stereocenters. The van der Waals surface area contributed by atoms with E-state index >= 15 is 0 Å². The number of hydrogen-bond acceptors (Lipinski definition) is 4.